The summed E-state index contributed by atoms with van der Waals surface area (Å²) in [5, 5.41) is 4.34. The van der Waals surface area contributed by atoms with E-state index in [4.69, 9.17) is 20.9 Å². The van der Waals surface area contributed by atoms with Crippen LogP contribution in [0.4, 0.5) is 5.69 Å². The number of nitrogens with one attached hydrogen (secondary N) is 1. The lowest BCUT2D eigenvalue weighted by atomic mass is 10.2. The summed E-state index contributed by atoms with van der Waals surface area (Å²) >= 11 is 5.93. The summed E-state index contributed by atoms with van der Waals surface area (Å²) in [7, 11) is 0. The summed E-state index contributed by atoms with van der Waals surface area (Å²) in [5.41, 5.74) is 1.89. The first-order chi connectivity index (χ1) is 13.7. The van der Waals surface area contributed by atoms with Crippen LogP contribution in [0.25, 0.3) is 0 Å². The molecular weight excluding hydrogens is 380 g/mol. The largest absolute Gasteiger partial charge is 0.436 e. The number of halogens is 1. The highest BCUT2D eigenvalue weighted by Crippen LogP contribution is 2.22. The van der Waals surface area contributed by atoms with Crippen LogP contribution < -0.4 is 15.9 Å². The van der Waals surface area contributed by atoms with Crippen LogP contribution in [0.3, 0.4) is 0 Å². The first-order valence-corrected chi connectivity index (χ1v) is 8.81. The maximum absolute atomic E-state index is 12.4. The third-order valence-electron chi connectivity index (χ3n) is 3.92. The summed E-state index contributed by atoms with van der Waals surface area (Å²) in [5.74, 6) is 0.973. The molecule has 1 N–H and O–H groups in total. The molecular formula is C20H15ClN4O3. The Hall–Kier alpha value is -3.58. The molecule has 4 rings (SSSR count). The Kier molecular flexibility index (Phi) is 5.07. The van der Waals surface area contributed by atoms with Crippen LogP contribution in [-0.2, 0) is 6.54 Å². The Bertz CT molecular complexity index is 1180. The van der Waals surface area contributed by atoms with Crippen molar-refractivity contribution in [2.75, 3.05) is 0 Å². The molecule has 7 nitrogen and oxygen atoms in total. The molecule has 4 aromatic rings. The first kappa shape index (κ1) is 17.8. The second-order valence-electron chi connectivity index (χ2n) is 5.90. The maximum Gasteiger partial charge on any atom is 0.259 e. The highest BCUT2D eigenvalue weighted by molar-refractivity contribution is 6.30. The van der Waals surface area contributed by atoms with Crippen molar-refractivity contribution in [3.63, 3.8) is 0 Å². The van der Waals surface area contributed by atoms with Gasteiger partial charge in [0.05, 0.1) is 12.2 Å². The van der Waals surface area contributed by atoms with Gasteiger partial charge in [0, 0.05) is 23.4 Å². The SMILES string of the molecule is O=c1cc[nH]/c(=N\c2ccc(Oc3ccon3)cc2)n1Cc1ccc(Cl)cc1. The fourth-order valence-corrected chi connectivity index (χ4v) is 2.69. The molecule has 0 fully saturated rings. The summed E-state index contributed by atoms with van der Waals surface area (Å²) in [6.07, 6.45) is 3.01. The predicted molar refractivity (Wildman–Crippen MR) is 104 cm³/mol. The molecule has 0 radical (unpaired) electrons. The fraction of sp³-hybridized carbons (Fsp3) is 0.0500. The molecule has 0 spiro atoms. The zero-order valence-corrected chi connectivity index (χ0v) is 15.3. The quantitative estimate of drug-likeness (QED) is 0.556. The molecule has 2 aromatic heterocycles. The zero-order valence-electron chi connectivity index (χ0n) is 14.6. The van der Waals surface area contributed by atoms with Gasteiger partial charge in [-0.2, -0.15) is 0 Å². The number of hydrogen-bond acceptors (Lipinski definition) is 5. The van der Waals surface area contributed by atoms with Crippen LogP contribution in [-0.4, -0.2) is 14.7 Å². The molecule has 0 atom stereocenters. The number of aromatic nitrogens is 3. The standard InChI is InChI=1S/C20H15ClN4O3/c21-15-3-1-14(2-4-15)13-25-19(26)9-11-22-20(25)23-16-5-7-17(8-6-16)28-18-10-12-27-24-18/h1-12H,13H2,(H,22,23). The van der Waals surface area contributed by atoms with Gasteiger partial charge in [-0.1, -0.05) is 23.7 Å². The van der Waals surface area contributed by atoms with Crippen LogP contribution in [0.2, 0.25) is 5.02 Å². The molecule has 0 bridgehead atoms. The lowest BCUT2D eigenvalue weighted by Crippen LogP contribution is -2.35. The maximum atomic E-state index is 12.4. The second-order valence-corrected chi connectivity index (χ2v) is 6.33. The normalized spacial score (nSPS) is 11.5. The van der Waals surface area contributed by atoms with Crippen LogP contribution in [0.5, 0.6) is 11.6 Å². The molecule has 0 aliphatic carbocycles. The van der Waals surface area contributed by atoms with Crippen LogP contribution in [0.15, 0.2) is 87.4 Å². The Labute approximate surface area is 164 Å². The van der Waals surface area contributed by atoms with Gasteiger partial charge in [-0.3, -0.25) is 9.36 Å². The first-order valence-electron chi connectivity index (χ1n) is 8.43. The van der Waals surface area contributed by atoms with Crippen LogP contribution in [0.1, 0.15) is 5.56 Å². The van der Waals surface area contributed by atoms with E-state index in [1.54, 1.807) is 53.2 Å². The van der Waals surface area contributed by atoms with Crippen molar-refractivity contribution in [2.45, 2.75) is 6.54 Å². The van der Waals surface area contributed by atoms with Gasteiger partial charge in [-0.25, -0.2) is 4.99 Å². The van der Waals surface area contributed by atoms with Crippen molar-refractivity contribution in [3.05, 3.63) is 99.7 Å². The molecule has 2 aromatic carbocycles. The number of nitrogens with zero attached hydrogens (tertiary/aromatic N) is 3. The number of benzene rings is 2. The highest BCUT2D eigenvalue weighted by atomic mass is 35.5. The van der Waals surface area contributed by atoms with Crippen LogP contribution in [0, 0.1) is 0 Å². The summed E-state index contributed by atoms with van der Waals surface area (Å²) < 4.78 is 11.8. The van der Waals surface area contributed by atoms with E-state index in [1.165, 1.54) is 12.3 Å². The van der Waals surface area contributed by atoms with Gasteiger partial charge in [0.25, 0.3) is 11.4 Å². The van der Waals surface area contributed by atoms with E-state index in [9.17, 15) is 4.79 Å². The van der Waals surface area contributed by atoms with Crippen molar-refractivity contribution in [1.29, 1.82) is 0 Å². The third-order valence-corrected chi connectivity index (χ3v) is 4.17. The van der Waals surface area contributed by atoms with E-state index in [0.717, 1.165) is 5.56 Å². The third kappa shape index (κ3) is 4.21. The van der Waals surface area contributed by atoms with Crippen molar-refractivity contribution in [3.8, 4) is 11.6 Å². The van der Waals surface area contributed by atoms with Gasteiger partial charge < -0.3 is 14.2 Å². The van der Waals surface area contributed by atoms with Gasteiger partial charge >= 0.3 is 0 Å². The number of rotatable bonds is 5. The molecule has 28 heavy (non-hydrogen) atoms. The molecule has 0 amide bonds. The molecule has 8 heteroatoms. The predicted octanol–water partition coefficient (Wildman–Crippen LogP) is 3.89. The number of H-pyrrole nitrogens is 1. The lowest BCUT2D eigenvalue weighted by molar-refractivity contribution is 0.367. The van der Waals surface area contributed by atoms with E-state index in [1.807, 2.05) is 12.1 Å². The second kappa shape index (κ2) is 7.98. The van der Waals surface area contributed by atoms with Crippen molar-refractivity contribution < 1.29 is 9.26 Å². The molecule has 0 saturated carbocycles. The van der Waals surface area contributed by atoms with Gasteiger partial charge in [-0.05, 0) is 47.1 Å². The Morgan fingerprint density at radius 2 is 1.86 bits per heavy atom. The van der Waals surface area contributed by atoms with E-state index in [2.05, 4.69) is 15.1 Å². The molecule has 140 valence electrons. The highest BCUT2D eigenvalue weighted by Gasteiger charge is 2.03. The molecule has 0 aliphatic heterocycles. The van der Waals surface area contributed by atoms with Gasteiger partial charge in [-0.15, -0.1) is 0 Å². The van der Waals surface area contributed by atoms with E-state index < -0.39 is 0 Å². The minimum absolute atomic E-state index is 0.154. The molecule has 2 heterocycles. The fourth-order valence-electron chi connectivity index (χ4n) is 2.56. The monoisotopic (exact) mass is 394 g/mol. The minimum atomic E-state index is -0.154. The van der Waals surface area contributed by atoms with E-state index >= 15 is 0 Å². The van der Waals surface area contributed by atoms with E-state index in [-0.39, 0.29) is 5.56 Å². The summed E-state index contributed by atoms with van der Waals surface area (Å²) in [4.78, 5) is 19.9. The number of hydrogen-bond donors (Lipinski definition) is 1. The van der Waals surface area contributed by atoms with Crippen molar-refractivity contribution in [1.82, 2.24) is 14.7 Å². The summed E-state index contributed by atoms with van der Waals surface area (Å²) in [6.45, 7) is 0.375. The van der Waals surface area contributed by atoms with Crippen molar-refractivity contribution in [2.24, 2.45) is 4.99 Å². The Balaban J connectivity index is 1.63. The van der Waals surface area contributed by atoms with Crippen LogP contribution >= 0.6 is 11.6 Å². The molecule has 0 aliphatic rings. The Morgan fingerprint density at radius 3 is 2.57 bits per heavy atom. The topological polar surface area (TPSA) is 85.4 Å². The number of aromatic amines is 1. The zero-order chi connectivity index (χ0) is 19.3. The molecule has 0 saturated heterocycles. The minimum Gasteiger partial charge on any atom is -0.436 e. The number of ether oxygens (including phenoxy) is 1. The van der Waals surface area contributed by atoms with Gasteiger partial charge in [0.15, 0.2) is 0 Å². The Morgan fingerprint density at radius 1 is 1.07 bits per heavy atom. The van der Waals surface area contributed by atoms with Gasteiger partial charge in [0.1, 0.15) is 12.0 Å². The van der Waals surface area contributed by atoms with Crippen molar-refractivity contribution >= 4 is 17.3 Å². The average Bonchev–Trinajstić information content (AvgIpc) is 3.21. The molecule has 0 unspecified atom stereocenters. The van der Waals surface area contributed by atoms with Gasteiger partial charge in [0.2, 0.25) is 5.62 Å². The average molecular weight is 395 g/mol. The van der Waals surface area contributed by atoms with E-state index in [0.29, 0.717) is 34.5 Å². The lowest BCUT2D eigenvalue weighted by Gasteiger charge is -2.07. The summed E-state index contributed by atoms with van der Waals surface area (Å²) in [6, 6.07) is 17.5. The smallest absolute Gasteiger partial charge is 0.259 e.